The SMILES string of the molecule is c1cc(NCc2ccco2)cc(-c2cccc3nc(Nc4ccc(OCCN5CCCC5)cc4)nn23)c1. The van der Waals surface area contributed by atoms with E-state index in [1.807, 2.05) is 71.2 Å². The van der Waals surface area contributed by atoms with Crippen LogP contribution in [-0.4, -0.2) is 45.7 Å². The Morgan fingerprint density at radius 1 is 0.892 bits per heavy atom. The molecular formula is C29H30N6O2. The van der Waals surface area contributed by atoms with Crippen molar-refractivity contribution in [3.63, 3.8) is 0 Å². The highest BCUT2D eigenvalue weighted by Crippen LogP contribution is 2.25. The lowest BCUT2D eigenvalue weighted by molar-refractivity contribution is 0.238. The minimum atomic E-state index is 0.544. The average Bonchev–Trinajstić information content (AvgIpc) is 3.71. The van der Waals surface area contributed by atoms with Crippen molar-refractivity contribution in [1.82, 2.24) is 19.5 Å². The van der Waals surface area contributed by atoms with Crippen molar-refractivity contribution in [2.24, 2.45) is 0 Å². The van der Waals surface area contributed by atoms with Crippen molar-refractivity contribution in [2.75, 3.05) is 36.9 Å². The van der Waals surface area contributed by atoms with Crippen LogP contribution in [0.1, 0.15) is 18.6 Å². The van der Waals surface area contributed by atoms with E-state index in [0.29, 0.717) is 19.1 Å². The van der Waals surface area contributed by atoms with Gasteiger partial charge in [-0.25, -0.2) is 4.52 Å². The molecule has 3 aromatic heterocycles. The summed E-state index contributed by atoms with van der Waals surface area (Å²) in [5.41, 5.74) is 4.69. The van der Waals surface area contributed by atoms with Crippen LogP contribution in [-0.2, 0) is 6.54 Å². The number of hydrogen-bond donors (Lipinski definition) is 2. The lowest BCUT2D eigenvalue weighted by Gasteiger charge is -2.15. The maximum absolute atomic E-state index is 5.92. The zero-order valence-corrected chi connectivity index (χ0v) is 20.6. The van der Waals surface area contributed by atoms with Crippen LogP contribution in [0, 0.1) is 0 Å². The van der Waals surface area contributed by atoms with Gasteiger partial charge in [0.2, 0.25) is 5.95 Å². The topological polar surface area (TPSA) is 79.9 Å². The number of hydrogen-bond acceptors (Lipinski definition) is 7. The maximum atomic E-state index is 5.92. The van der Waals surface area contributed by atoms with Gasteiger partial charge in [-0.15, -0.1) is 5.10 Å². The fraction of sp³-hybridized carbons (Fsp3) is 0.241. The van der Waals surface area contributed by atoms with Crippen LogP contribution < -0.4 is 15.4 Å². The Morgan fingerprint density at radius 3 is 2.59 bits per heavy atom. The number of fused-ring (bicyclic) bond motifs is 1. The number of nitrogens with zero attached hydrogens (tertiary/aromatic N) is 4. The molecule has 0 bridgehead atoms. The first-order valence-corrected chi connectivity index (χ1v) is 12.7. The first-order valence-electron chi connectivity index (χ1n) is 12.7. The molecule has 0 saturated carbocycles. The van der Waals surface area contributed by atoms with Crippen molar-refractivity contribution < 1.29 is 9.15 Å². The van der Waals surface area contributed by atoms with E-state index in [0.717, 1.165) is 46.3 Å². The third kappa shape index (κ3) is 5.59. The largest absolute Gasteiger partial charge is 0.492 e. The van der Waals surface area contributed by atoms with Gasteiger partial charge >= 0.3 is 0 Å². The van der Waals surface area contributed by atoms with Gasteiger partial charge in [0.15, 0.2) is 5.65 Å². The number of rotatable bonds is 10. The highest BCUT2D eigenvalue weighted by molar-refractivity contribution is 5.68. The van der Waals surface area contributed by atoms with Crippen LogP contribution in [0.15, 0.2) is 89.5 Å². The van der Waals surface area contributed by atoms with Crippen LogP contribution in [0.4, 0.5) is 17.3 Å². The van der Waals surface area contributed by atoms with E-state index in [9.17, 15) is 0 Å². The van der Waals surface area contributed by atoms with Crippen molar-refractivity contribution in [3.05, 3.63) is 90.9 Å². The lowest BCUT2D eigenvalue weighted by atomic mass is 10.1. The average molecular weight is 495 g/mol. The Labute approximate surface area is 215 Å². The van der Waals surface area contributed by atoms with Crippen molar-refractivity contribution in [3.8, 4) is 17.0 Å². The Hall–Kier alpha value is -4.30. The summed E-state index contributed by atoms with van der Waals surface area (Å²) in [4.78, 5) is 7.13. The zero-order chi connectivity index (χ0) is 24.9. The number of aromatic nitrogens is 3. The summed E-state index contributed by atoms with van der Waals surface area (Å²) in [5.74, 6) is 2.30. The van der Waals surface area contributed by atoms with Crippen LogP contribution >= 0.6 is 0 Å². The number of likely N-dealkylation sites (tertiary alicyclic amines) is 1. The molecule has 5 aromatic rings. The highest BCUT2D eigenvalue weighted by atomic mass is 16.5. The minimum absolute atomic E-state index is 0.544. The number of nitrogens with one attached hydrogen (secondary N) is 2. The number of benzene rings is 2. The molecule has 0 spiro atoms. The van der Waals surface area contributed by atoms with Gasteiger partial charge in [-0.05, 0) is 86.6 Å². The Bertz CT molecular complexity index is 1440. The molecule has 0 unspecified atom stereocenters. The predicted molar refractivity (Wildman–Crippen MR) is 145 cm³/mol. The second-order valence-electron chi connectivity index (χ2n) is 9.18. The molecule has 0 radical (unpaired) electrons. The summed E-state index contributed by atoms with van der Waals surface area (Å²) in [6, 6.07) is 26.1. The number of pyridine rings is 1. The van der Waals surface area contributed by atoms with Gasteiger partial charge in [0.05, 0.1) is 18.5 Å². The summed E-state index contributed by atoms with van der Waals surface area (Å²) < 4.78 is 13.2. The molecule has 37 heavy (non-hydrogen) atoms. The maximum Gasteiger partial charge on any atom is 0.247 e. The molecule has 4 heterocycles. The first kappa shape index (κ1) is 23.1. The van der Waals surface area contributed by atoms with Gasteiger partial charge in [-0.1, -0.05) is 18.2 Å². The summed E-state index contributed by atoms with van der Waals surface area (Å²) in [6.45, 7) is 4.70. The van der Waals surface area contributed by atoms with E-state index in [1.54, 1.807) is 6.26 Å². The molecule has 0 atom stereocenters. The molecule has 8 nitrogen and oxygen atoms in total. The monoisotopic (exact) mass is 494 g/mol. The van der Waals surface area contributed by atoms with Gasteiger partial charge in [0.25, 0.3) is 0 Å². The molecule has 2 aromatic carbocycles. The Morgan fingerprint density at radius 2 is 1.76 bits per heavy atom. The molecule has 0 aliphatic carbocycles. The molecule has 1 saturated heterocycles. The number of anilines is 3. The highest BCUT2D eigenvalue weighted by Gasteiger charge is 2.12. The van der Waals surface area contributed by atoms with E-state index in [1.165, 1.54) is 25.9 Å². The summed E-state index contributed by atoms with van der Waals surface area (Å²) in [5, 5.41) is 11.5. The van der Waals surface area contributed by atoms with Gasteiger partial charge in [-0.3, -0.25) is 4.90 Å². The lowest BCUT2D eigenvalue weighted by Crippen LogP contribution is -2.25. The zero-order valence-electron chi connectivity index (χ0n) is 20.6. The molecule has 8 heteroatoms. The molecule has 0 amide bonds. The quantitative estimate of drug-likeness (QED) is 0.253. The van der Waals surface area contributed by atoms with Gasteiger partial charge in [0.1, 0.15) is 18.1 Å². The van der Waals surface area contributed by atoms with Gasteiger partial charge in [-0.2, -0.15) is 4.98 Å². The summed E-state index contributed by atoms with van der Waals surface area (Å²) in [6.07, 6.45) is 4.28. The van der Waals surface area contributed by atoms with E-state index < -0.39 is 0 Å². The van der Waals surface area contributed by atoms with Gasteiger partial charge in [0, 0.05) is 23.5 Å². The van der Waals surface area contributed by atoms with E-state index in [-0.39, 0.29) is 0 Å². The van der Waals surface area contributed by atoms with Crippen LogP contribution in [0.3, 0.4) is 0 Å². The molecule has 6 rings (SSSR count). The first-order chi connectivity index (χ1) is 18.3. The standard InChI is InChI=1S/C29H30N6O2/c1-2-16-34(15-1)17-19-37-25-13-11-23(12-14-25)31-29-32-28-10-4-9-27(35(28)33-29)22-6-3-7-24(20-22)30-21-26-8-5-18-36-26/h3-14,18,20,30H,1-2,15-17,19,21H2,(H,31,33). The molecule has 1 fully saturated rings. The smallest absolute Gasteiger partial charge is 0.247 e. The molecular weight excluding hydrogens is 464 g/mol. The van der Waals surface area contributed by atoms with Crippen molar-refractivity contribution in [2.45, 2.75) is 19.4 Å². The van der Waals surface area contributed by atoms with Crippen LogP contribution in [0.25, 0.3) is 16.9 Å². The number of ether oxygens (including phenoxy) is 1. The van der Waals surface area contributed by atoms with Crippen LogP contribution in [0.5, 0.6) is 5.75 Å². The molecule has 188 valence electrons. The third-order valence-corrected chi connectivity index (χ3v) is 6.55. The Balaban J connectivity index is 1.13. The van der Waals surface area contributed by atoms with E-state index in [4.69, 9.17) is 14.3 Å². The minimum Gasteiger partial charge on any atom is -0.492 e. The molecule has 1 aliphatic rings. The van der Waals surface area contributed by atoms with Crippen molar-refractivity contribution >= 4 is 23.0 Å². The fourth-order valence-corrected chi connectivity index (χ4v) is 4.63. The second kappa shape index (κ2) is 10.8. The van der Waals surface area contributed by atoms with E-state index >= 15 is 0 Å². The fourth-order valence-electron chi connectivity index (χ4n) is 4.63. The summed E-state index contributed by atoms with van der Waals surface area (Å²) >= 11 is 0. The van der Waals surface area contributed by atoms with Gasteiger partial charge < -0.3 is 19.8 Å². The normalized spacial score (nSPS) is 13.7. The third-order valence-electron chi connectivity index (χ3n) is 6.55. The predicted octanol–water partition coefficient (Wildman–Crippen LogP) is 5.82. The van der Waals surface area contributed by atoms with Crippen molar-refractivity contribution in [1.29, 1.82) is 0 Å². The van der Waals surface area contributed by atoms with E-state index in [2.05, 4.69) is 32.7 Å². The Kier molecular flexibility index (Phi) is 6.72. The molecule has 1 aliphatic heterocycles. The summed E-state index contributed by atoms with van der Waals surface area (Å²) in [7, 11) is 0. The number of furan rings is 1. The van der Waals surface area contributed by atoms with Crippen LogP contribution in [0.2, 0.25) is 0 Å². The molecule has 2 N–H and O–H groups in total. The second-order valence-corrected chi connectivity index (χ2v) is 9.18.